The van der Waals surface area contributed by atoms with E-state index < -0.39 is 40.4 Å². The molecular formula is C33H38O8. The molecule has 2 aliphatic heterocycles. The van der Waals surface area contributed by atoms with Crippen LogP contribution in [0.5, 0.6) is 17.2 Å². The van der Waals surface area contributed by atoms with Gasteiger partial charge in [-0.2, -0.15) is 0 Å². The van der Waals surface area contributed by atoms with E-state index in [9.17, 15) is 29.7 Å². The van der Waals surface area contributed by atoms with Gasteiger partial charge in [0.05, 0.1) is 5.60 Å². The quantitative estimate of drug-likeness (QED) is 0.292. The van der Waals surface area contributed by atoms with Crippen molar-refractivity contribution in [2.45, 2.75) is 91.0 Å². The van der Waals surface area contributed by atoms with E-state index in [0.717, 1.165) is 11.1 Å². The van der Waals surface area contributed by atoms with Crippen LogP contribution in [0, 0.1) is 11.8 Å². The average molecular weight is 563 g/mol. The first-order valence-corrected chi connectivity index (χ1v) is 14.1. The fraction of sp³-hybridized carbons (Fsp3) is 0.485. The van der Waals surface area contributed by atoms with Gasteiger partial charge in [-0.05, 0) is 67.7 Å². The fourth-order valence-electron chi connectivity index (χ4n) is 7.14. The van der Waals surface area contributed by atoms with Crippen molar-refractivity contribution in [2.24, 2.45) is 11.8 Å². The third-order valence-electron chi connectivity index (χ3n) is 9.15. The molecule has 0 radical (unpaired) electrons. The number of ketones is 2. The monoisotopic (exact) mass is 562 g/mol. The first-order chi connectivity index (χ1) is 19.1. The second-order valence-electron chi connectivity index (χ2n) is 12.8. The summed E-state index contributed by atoms with van der Waals surface area (Å²) in [5.41, 5.74) is -1.27. The van der Waals surface area contributed by atoms with Gasteiger partial charge in [0, 0.05) is 40.5 Å². The molecular weight excluding hydrogens is 524 g/mol. The molecule has 4 atom stereocenters. The number of carbonyl (C=O) groups excluding carboxylic acids is 2. The van der Waals surface area contributed by atoms with Crippen LogP contribution in [0.1, 0.15) is 82.8 Å². The zero-order valence-corrected chi connectivity index (χ0v) is 24.7. The lowest BCUT2D eigenvalue weighted by molar-refractivity contribution is -0.171. The molecule has 1 spiro atoms. The van der Waals surface area contributed by atoms with Gasteiger partial charge in [-0.15, -0.1) is 0 Å². The largest absolute Gasteiger partial charge is 0.507 e. The van der Waals surface area contributed by atoms with Crippen molar-refractivity contribution in [3.05, 3.63) is 63.3 Å². The molecule has 0 amide bonds. The molecule has 1 saturated carbocycles. The number of aromatic hydroxyl groups is 2. The maximum atomic E-state index is 14.5. The molecule has 41 heavy (non-hydrogen) atoms. The Labute approximate surface area is 240 Å². The summed E-state index contributed by atoms with van der Waals surface area (Å²) >= 11 is 0. The van der Waals surface area contributed by atoms with Crippen molar-refractivity contribution in [2.75, 3.05) is 0 Å². The number of phenolic OH excluding ortho intramolecular Hbond substituents is 2. The summed E-state index contributed by atoms with van der Waals surface area (Å²) < 4.78 is 13.5. The van der Waals surface area contributed by atoms with Crippen LogP contribution in [-0.4, -0.2) is 49.7 Å². The number of carboxylic acid groups (broad SMARTS) is 1. The number of phenols is 2. The highest BCUT2D eigenvalue weighted by Crippen LogP contribution is 2.68. The fourth-order valence-corrected chi connectivity index (χ4v) is 7.14. The molecule has 8 heteroatoms. The van der Waals surface area contributed by atoms with Crippen LogP contribution in [-0.2, 0) is 27.2 Å². The van der Waals surface area contributed by atoms with E-state index in [1.807, 2.05) is 53.7 Å². The summed E-state index contributed by atoms with van der Waals surface area (Å²) in [4.78, 5) is 40.2. The molecule has 6 rings (SSSR count). The molecule has 4 bridgehead atoms. The summed E-state index contributed by atoms with van der Waals surface area (Å²) in [5.74, 6) is -3.32. The molecule has 1 saturated heterocycles. The van der Waals surface area contributed by atoms with Crippen LogP contribution in [0.2, 0.25) is 0 Å². The van der Waals surface area contributed by atoms with Crippen LogP contribution in [0.25, 0.3) is 0 Å². The van der Waals surface area contributed by atoms with Crippen molar-refractivity contribution in [1.82, 2.24) is 0 Å². The molecule has 1 aromatic carbocycles. The molecule has 0 unspecified atom stereocenters. The summed E-state index contributed by atoms with van der Waals surface area (Å²) in [5, 5.41) is 32.5. The number of fused-ring (bicyclic) bond motifs is 1. The third kappa shape index (κ3) is 3.94. The summed E-state index contributed by atoms with van der Waals surface area (Å²) in [6, 6.07) is 0. The number of rotatable bonds is 7. The molecule has 3 N–H and O–H groups in total. The number of carbonyl (C=O) groups is 3. The molecule has 2 heterocycles. The minimum atomic E-state index is -1.65. The van der Waals surface area contributed by atoms with Gasteiger partial charge in [-0.25, -0.2) is 4.79 Å². The second kappa shape index (κ2) is 9.44. The number of hydrogen-bond acceptors (Lipinski definition) is 7. The molecule has 3 aliphatic carbocycles. The number of aliphatic carboxylic acids is 1. The number of benzene rings is 1. The van der Waals surface area contributed by atoms with E-state index in [2.05, 4.69) is 0 Å². The number of hydrogen-bond donors (Lipinski definition) is 3. The lowest BCUT2D eigenvalue weighted by atomic mass is 9.51. The van der Waals surface area contributed by atoms with Crippen LogP contribution in [0.15, 0.2) is 46.6 Å². The molecule has 1 aromatic rings. The number of allylic oxidation sites excluding steroid dienone is 5. The van der Waals surface area contributed by atoms with Gasteiger partial charge >= 0.3 is 5.97 Å². The number of ether oxygens (including phenoxy) is 2. The topological polar surface area (TPSA) is 130 Å². The highest BCUT2D eigenvalue weighted by Gasteiger charge is 2.81. The number of Topliss-reactive ketones (excluding diaryl/α,β-unsaturated/α-hetero) is 2. The van der Waals surface area contributed by atoms with Gasteiger partial charge in [0.25, 0.3) is 0 Å². The van der Waals surface area contributed by atoms with Crippen LogP contribution >= 0.6 is 0 Å². The first kappa shape index (κ1) is 28.9. The van der Waals surface area contributed by atoms with Crippen molar-refractivity contribution in [1.29, 1.82) is 0 Å². The SMILES string of the molecule is CC(C)=CCc1c(O)c(CC=C(C)C)c2c(c1O)C(=O)C1=C[C@@H]3C[C@H]4C(C)(C)O[C@@](CC=C(C)C(=O)O)(C3=O)[C@@]14O2. The van der Waals surface area contributed by atoms with Gasteiger partial charge in [0.15, 0.2) is 22.8 Å². The molecule has 218 valence electrons. The van der Waals surface area contributed by atoms with Gasteiger partial charge in [0.2, 0.25) is 0 Å². The Bertz CT molecular complexity index is 1510. The number of carboxylic acids is 1. The minimum Gasteiger partial charge on any atom is -0.507 e. The summed E-state index contributed by atoms with van der Waals surface area (Å²) in [6.45, 7) is 12.8. The maximum absolute atomic E-state index is 14.5. The highest BCUT2D eigenvalue weighted by atomic mass is 16.6. The van der Waals surface area contributed by atoms with Crippen molar-refractivity contribution < 1.29 is 39.2 Å². The normalized spacial score (nSPS) is 28.9. The van der Waals surface area contributed by atoms with Crippen molar-refractivity contribution in [3.8, 4) is 17.2 Å². The van der Waals surface area contributed by atoms with Crippen molar-refractivity contribution >= 4 is 17.5 Å². The Morgan fingerprint density at radius 3 is 2.17 bits per heavy atom. The average Bonchev–Trinajstić information content (AvgIpc) is 3.03. The Morgan fingerprint density at radius 1 is 0.976 bits per heavy atom. The minimum absolute atomic E-state index is 0.0291. The Morgan fingerprint density at radius 2 is 1.59 bits per heavy atom. The smallest absolute Gasteiger partial charge is 0.330 e. The van der Waals surface area contributed by atoms with Gasteiger partial charge in [0.1, 0.15) is 22.8 Å². The molecule has 2 fully saturated rings. The van der Waals surface area contributed by atoms with E-state index in [-0.39, 0.29) is 64.6 Å². The molecule has 0 aromatic heterocycles. The van der Waals surface area contributed by atoms with Crippen LogP contribution < -0.4 is 4.74 Å². The Hall–Kier alpha value is -3.65. The summed E-state index contributed by atoms with van der Waals surface area (Å²) in [7, 11) is 0. The van der Waals surface area contributed by atoms with E-state index in [4.69, 9.17) is 9.47 Å². The Kier molecular flexibility index (Phi) is 6.65. The third-order valence-corrected chi connectivity index (χ3v) is 9.15. The summed E-state index contributed by atoms with van der Waals surface area (Å²) in [6.07, 6.45) is 7.63. The lowest BCUT2D eigenvalue weighted by Crippen LogP contribution is -2.72. The van der Waals surface area contributed by atoms with Gasteiger partial charge < -0.3 is 24.8 Å². The zero-order chi connectivity index (χ0) is 30.2. The Balaban J connectivity index is 1.81. The lowest BCUT2D eigenvalue weighted by Gasteiger charge is -2.56. The van der Waals surface area contributed by atoms with E-state index in [1.54, 1.807) is 6.08 Å². The van der Waals surface area contributed by atoms with E-state index in [0.29, 0.717) is 12.0 Å². The standard InChI is InChI=1S/C33H38O8/c1-16(2)8-10-20-25(34)21(11-9-17(3)4)28-24(26(20)35)27(36)22-14-19-15-23-31(6,7)41-32(29(19)37,33(22,23)40-28)13-12-18(5)30(38)39/h8-9,12,14,19,23,34-35H,10-11,13,15H2,1-7H3,(H,38,39)/t19-,23+,32+,33-/m1/s1. The predicted octanol–water partition coefficient (Wildman–Crippen LogP) is 5.54. The first-order valence-electron chi connectivity index (χ1n) is 14.1. The predicted molar refractivity (Wildman–Crippen MR) is 152 cm³/mol. The molecule has 5 aliphatic rings. The van der Waals surface area contributed by atoms with E-state index in [1.165, 1.54) is 13.0 Å². The maximum Gasteiger partial charge on any atom is 0.330 e. The molecule has 8 nitrogen and oxygen atoms in total. The second-order valence-corrected chi connectivity index (χ2v) is 12.8. The van der Waals surface area contributed by atoms with Gasteiger partial charge in [-0.1, -0.05) is 35.5 Å². The zero-order valence-electron chi connectivity index (χ0n) is 24.7. The van der Waals surface area contributed by atoms with Crippen LogP contribution in [0.3, 0.4) is 0 Å². The highest BCUT2D eigenvalue weighted by molar-refractivity contribution is 6.18. The van der Waals surface area contributed by atoms with Crippen molar-refractivity contribution in [3.63, 3.8) is 0 Å². The van der Waals surface area contributed by atoms with Crippen LogP contribution in [0.4, 0.5) is 0 Å². The van der Waals surface area contributed by atoms with E-state index >= 15 is 0 Å². The van der Waals surface area contributed by atoms with Gasteiger partial charge in [-0.3, -0.25) is 9.59 Å².